The highest BCUT2D eigenvalue weighted by atomic mass is 127. The molecule has 0 bridgehead atoms. The van der Waals surface area contributed by atoms with Crippen molar-refractivity contribution >= 4 is 28.3 Å². The van der Waals surface area contributed by atoms with Crippen LogP contribution in [0.2, 0.25) is 0 Å². The smallest absolute Gasteiger partial charge is 0.147 e. The zero-order chi connectivity index (χ0) is 10.1. The summed E-state index contributed by atoms with van der Waals surface area (Å²) in [5, 5.41) is 0. The Balaban J connectivity index is 2.30. The van der Waals surface area contributed by atoms with Crippen molar-refractivity contribution in [3.8, 4) is 5.75 Å². The van der Waals surface area contributed by atoms with Gasteiger partial charge in [-0.25, -0.2) is 4.98 Å². The third-order valence-electron chi connectivity index (χ3n) is 2.11. The molecule has 0 N–H and O–H groups in total. The van der Waals surface area contributed by atoms with E-state index in [1.165, 1.54) is 12.8 Å². The van der Waals surface area contributed by atoms with Gasteiger partial charge < -0.3 is 9.64 Å². The van der Waals surface area contributed by atoms with Crippen LogP contribution in [-0.4, -0.2) is 25.2 Å². The summed E-state index contributed by atoms with van der Waals surface area (Å²) >= 11 is 2.24. The van der Waals surface area contributed by atoms with E-state index in [1.807, 2.05) is 25.1 Å². The van der Waals surface area contributed by atoms with Gasteiger partial charge in [-0.2, -0.15) is 0 Å². The molecule has 1 fully saturated rings. The van der Waals surface area contributed by atoms with Gasteiger partial charge in [-0.05, 0) is 35.4 Å². The molecule has 1 aliphatic carbocycles. The van der Waals surface area contributed by atoms with E-state index in [9.17, 15) is 0 Å². The van der Waals surface area contributed by atoms with Crippen molar-refractivity contribution in [1.29, 1.82) is 0 Å². The Hall–Kier alpha value is -0.520. The van der Waals surface area contributed by atoms with Crippen molar-refractivity contribution in [2.45, 2.75) is 18.9 Å². The Labute approximate surface area is 97.6 Å². The fourth-order valence-electron chi connectivity index (χ4n) is 1.28. The van der Waals surface area contributed by atoms with E-state index >= 15 is 0 Å². The molecule has 0 amide bonds. The average Bonchev–Trinajstić information content (AvgIpc) is 2.87. The van der Waals surface area contributed by atoms with E-state index in [-0.39, 0.29) is 0 Å². The van der Waals surface area contributed by atoms with Gasteiger partial charge in [-0.3, -0.25) is 0 Å². The molecule has 0 spiro atoms. The fourth-order valence-corrected chi connectivity index (χ4v) is 2.19. The summed E-state index contributed by atoms with van der Waals surface area (Å²) in [6.45, 7) is 0. The largest absolute Gasteiger partial charge is 0.488 e. The van der Waals surface area contributed by atoms with Crippen LogP contribution in [0.5, 0.6) is 5.75 Å². The van der Waals surface area contributed by atoms with Crippen molar-refractivity contribution in [2.24, 2.45) is 0 Å². The lowest BCUT2D eigenvalue weighted by molar-refractivity contribution is 0.303. The Morgan fingerprint density at radius 1 is 1.50 bits per heavy atom. The van der Waals surface area contributed by atoms with Crippen LogP contribution in [-0.2, 0) is 0 Å². The van der Waals surface area contributed by atoms with Crippen LogP contribution in [0, 0.1) is 3.70 Å². The molecule has 2 rings (SSSR count). The molecule has 1 aliphatic rings. The first-order chi connectivity index (χ1) is 6.68. The molecular formula is C10H13IN2O. The molecule has 0 unspecified atom stereocenters. The van der Waals surface area contributed by atoms with Crippen LogP contribution in [0.3, 0.4) is 0 Å². The van der Waals surface area contributed by atoms with Crippen molar-refractivity contribution < 1.29 is 4.74 Å². The first kappa shape index (κ1) is 10.0. The van der Waals surface area contributed by atoms with Crippen LogP contribution in [0.4, 0.5) is 5.69 Å². The topological polar surface area (TPSA) is 25.4 Å². The highest BCUT2D eigenvalue weighted by Gasteiger charge is 2.25. The lowest BCUT2D eigenvalue weighted by Crippen LogP contribution is -2.13. The van der Waals surface area contributed by atoms with Gasteiger partial charge in [0, 0.05) is 26.4 Å². The molecule has 0 aliphatic heterocycles. The maximum atomic E-state index is 5.81. The highest BCUT2D eigenvalue weighted by molar-refractivity contribution is 14.1. The monoisotopic (exact) mass is 304 g/mol. The molecule has 4 heteroatoms. The summed E-state index contributed by atoms with van der Waals surface area (Å²) in [5.41, 5.74) is 1.08. The Morgan fingerprint density at radius 3 is 2.79 bits per heavy atom. The third kappa shape index (κ3) is 2.10. The predicted octanol–water partition coefficient (Wildman–Crippen LogP) is 2.29. The molecular weight excluding hydrogens is 291 g/mol. The number of pyridine rings is 1. The predicted molar refractivity (Wildman–Crippen MR) is 64.9 cm³/mol. The zero-order valence-electron chi connectivity index (χ0n) is 8.33. The summed E-state index contributed by atoms with van der Waals surface area (Å²) in [6, 6.07) is 1.94. The van der Waals surface area contributed by atoms with Gasteiger partial charge in [0.05, 0.1) is 6.10 Å². The molecule has 0 aromatic carbocycles. The minimum Gasteiger partial charge on any atom is -0.488 e. The molecule has 1 saturated carbocycles. The van der Waals surface area contributed by atoms with E-state index in [0.717, 1.165) is 15.1 Å². The molecule has 0 atom stereocenters. The van der Waals surface area contributed by atoms with E-state index in [0.29, 0.717) is 6.10 Å². The quantitative estimate of drug-likeness (QED) is 0.633. The van der Waals surface area contributed by atoms with Crippen LogP contribution in [0.1, 0.15) is 12.8 Å². The molecule has 14 heavy (non-hydrogen) atoms. The summed E-state index contributed by atoms with van der Waals surface area (Å²) in [6.07, 6.45) is 4.61. The molecule has 0 saturated heterocycles. The van der Waals surface area contributed by atoms with Gasteiger partial charge in [-0.15, -0.1) is 0 Å². The van der Waals surface area contributed by atoms with Crippen molar-refractivity contribution in [1.82, 2.24) is 4.98 Å². The molecule has 76 valence electrons. The number of halogens is 1. The molecule has 1 heterocycles. The minimum absolute atomic E-state index is 0.437. The number of ether oxygens (including phenoxy) is 1. The Bertz CT molecular complexity index is 337. The zero-order valence-corrected chi connectivity index (χ0v) is 10.5. The molecule has 1 aromatic heterocycles. The molecule has 3 nitrogen and oxygen atoms in total. The highest BCUT2D eigenvalue weighted by Crippen LogP contribution is 2.35. The third-order valence-corrected chi connectivity index (χ3v) is 2.90. The number of anilines is 1. The maximum Gasteiger partial charge on any atom is 0.147 e. The van der Waals surface area contributed by atoms with Gasteiger partial charge in [0.25, 0.3) is 0 Å². The second-order valence-corrected chi connectivity index (χ2v) is 4.68. The van der Waals surface area contributed by atoms with Crippen LogP contribution >= 0.6 is 22.6 Å². The normalized spacial score (nSPS) is 15.4. The molecule has 1 aromatic rings. The lowest BCUT2D eigenvalue weighted by atomic mass is 10.3. The van der Waals surface area contributed by atoms with Gasteiger partial charge in [0.2, 0.25) is 0 Å². The van der Waals surface area contributed by atoms with Crippen LogP contribution in [0.15, 0.2) is 12.3 Å². The van der Waals surface area contributed by atoms with Crippen molar-refractivity contribution in [2.75, 3.05) is 19.0 Å². The van der Waals surface area contributed by atoms with E-state index in [2.05, 4.69) is 27.6 Å². The van der Waals surface area contributed by atoms with E-state index < -0.39 is 0 Å². The van der Waals surface area contributed by atoms with E-state index in [1.54, 1.807) is 6.20 Å². The summed E-state index contributed by atoms with van der Waals surface area (Å²) in [4.78, 5) is 6.30. The Kier molecular flexibility index (Phi) is 2.80. The van der Waals surface area contributed by atoms with Gasteiger partial charge in [-0.1, -0.05) is 0 Å². The lowest BCUT2D eigenvalue weighted by Gasteiger charge is -2.18. The summed E-state index contributed by atoms with van der Waals surface area (Å²) < 4.78 is 6.80. The molecule has 0 radical (unpaired) electrons. The number of hydrogen-bond acceptors (Lipinski definition) is 3. The van der Waals surface area contributed by atoms with Crippen LogP contribution < -0.4 is 9.64 Å². The summed E-state index contributed by atoms with van der Waals surface area (Å²) in [5.74, 6) is 0.955. The Morgan fingerprint density at radius 2 is 2.21 bits per heavy atom. The summed E-state index contributed by atoms with van der Waals surface area (Å²) in [7, 11) is 4.03. The second-order valence-electron chi connectivity index (χ2n) is 3.66. The SMILES string of the molecule is CN(C)c1c(OC2CC2)ccnc1I. The van der Waals surface area contributed by atoms with E-state index in [4.69, 9.17) is 4.74 Å². The number of hydrogen-bond donors (Lipinski definition) is 0. The van der Waals surface area contributed by atoms with Crippen molar-refractivity contribution in [3.05, 3.63) is 16.0 Å². The maximum absolute atomic E-state index is 5.81. The van der Waals surface area contributed by atoms with Gasteiger partial charge in [0.1, 0.15) is 15.1 Å². The van der Waals surface area contributed by atoms with Gasteiger partial charge >= 0.3 is 0 Å². The van der Waals surface area contributed by atoms with Crippen LogP contribution in [0.25, 0.3) is 0 Å². The number of aromatic nitrogens is 1. The van der Waals surface area contributed by atoms with Gasteiger partial charge in [0.15, 0.2) is 0 Å². The first-order valence-electron chi connectivity index (χ1n) is 4.67. The number of rotatable bonds is 3. The second kappa shape index (κ2) is 3.92. The standard InChI is InChI=1S/C10H13IN2O/c1-13(2)9-8(14-7-3-4-7)5-6-12-10(9)11/h5-7H,3-4H2,1-2H3. The average molecular weight is 304 g/mol. The number of nitrogens with zero attached hydrogens (tertiary/aromatic N) is 2. The van der Waals surface area contributed by atoms with Crippen molar-refractivity contribution in [3.63, 3.8) is 0 Å². The fraction of sp³-hybridized carbons (Fsp3) is 0.500. The minimum atomic E-state index is 0.437. The first-order valence-corrected chi connectivity index (χ1v) is 5.75.